The number of rotatable bonds is 3. The van der Waals surface area contributed by atoms with Gasteiger partial charge in [-0.05, 0) is 0 Å². The second-order valence-electron chi connectivity index (χ2n) is 1.34. The first kappa shape index (κ1) is 9.60. The Labute approximate surface area is 78.0 Å². The summed E-state index contributed by atoms with van der Waals surface area (Å²) in [6, 6.07) is 0. The van der Waals surface area contributed by atoms with Crippen LogP contribution in [0, 0.1) is 0 Å². The van der Waals surface area contributed by atoms with Gasteiger partial charge in [-0.15, -0.1) is 34.8 Å². The molecule has 0 aromatic carbocycles. The molecule has 2 atom stereocenters. The molecule has 0 nitrogen and oxygen atoms in total. The van der Waals surface area contributed by atoms with Crippen LogP contribution in [0.15, 0.2) is 0 Å². The van der Waals surface area contributed by atoms with Crippen LogP contribution in [0.3, 0.4) is 0 Å². The molecular weight excluding hydrogens is 281 g/mol. The minimum atomic E-state index is 0.00904. The standard InChI is InChI=1S/C4H6Cl3I/c5-1-3(7)4(8)2-6/h3-4H,1-2H2. The van der Waals surface area contributed by atoms with Crippen LogP contribution < -0.4 is 0 Å². The van der Waals surface area contributed by atoms with Crippen molar-refractivity contribution >= 4 is 57.4 Å². The topological polar surface area (TPSA) is 0 Å². The number of hydrogen-bond donors (Lipinski definition) is 0. The molecule has 0 bridgehead atoms. The summed E-state index contributed by atoms with van der Waals surface area (Å²) in [6.07, 6.45) is 0. The zero-order chi connectivity index (χ0) is 6.57. The van der Waals surface area contributed by atoms with Crippen LogP contribution in [0.5, 0.6) is 0 Å². The minimum absolute atomic E-state index is 0.00904. The highest BCUT2D eigenvalue weighted by Gasteiger charge is 2.12. The number of halogens is 4. The molecule has 2 unspecified atom stereocenters. The number of hydrogen-bond acceptors (Lipinski definition) is 0. The molecule has 0 saturated carbocycles. The lowest BCUT2D eigenvalue weighted by Crippen LogP contribution is -2.16. The summed E-state index contributed by atoms with van der Waals surface area (Å²) in [6.45, 7) is 0. The fourth-order valence-corrected chi connectivity index (χ4v) is 1.36. The van der Waals surface area contributed by atoms with Gasteiger partial charge in [-0.2, -0.15) is 0 Å². The molecule has 50 valence electrons. The molecule has 0 aliphatic rings. The molecule has 0 N–H and O–H groups in total. The molecule has 0 aromatic heterocycles. The van der Waals surface area contributed by atoms with Crippen LogP contribution in [0.1, 0.15) is 0 Å². The van der Waals surface area contributed by atoms with Crippen molar-refractivity contribution in [1.82, 2.24) is 0 Å². The van der Waals surface area contributed by atoms with Crippen molar-refractivity contribution in [3.8, 4) is 0 Å². The van der Waals surface area contributed by atoms with Gasteiger partial charge in [0, 0.05) is 15.7 Å². The van der Waals surface area contributed by atoms with Crippen molar-refractivity contribution < 1.29 is 0 Å². The van der Waals surface area contributed by atoms with E-state index in [0.717, 1.165) is 0 Å². The van der Waals surface area contributed by atoms with Gasteiger partial charge in [0.2, 0.25) is 0 Å². The van der Waals surface area contributed by atoms with E-state index in [9.17, 15) is 0 Å². The molecule has 0 amide bonds. The third-order valence-corrected chi connectivity index (χ3v) is 4.22. The van der Waals surface area contributed by atoms with Gasteiger partial charge in [0.1, 0.15) is 0 Å². The van der Waals surface area contributed by atoms with E-state index in [-0.39, 0.29) is 9.30 Å². The van der Waals surface area contributed by atoms with Crippen molar-refractivity contribution in [1.29, 1.82) is 0 Å². The summed E-state index contributed by atoms with van der Waals surface area (Å²) in [7, 11) is 0. The van der Waals surface area contributed by atoms with Crippen LogP contribution in [-0.2, 0) is 0 Å². The SMILES string of the molecule is ClCC(Cl)C(I)CCl. The van der Waals surface area contributed by atoms with Gasteiger partial charge in [-0.1, -0.05) is 22.6 Å². The van der Waals surface area contributed by atoms with Crippen LogP contribution in [-0.4, -0.2) is 21.1 Å². The molecule has 0 aromatic rings. The van der Waals surface area contributed by atoms with E-state index in [1.165, 1.54) is 0 Å². The zero-order valence-electron chi connectivity index (χ0n) is 4.08. The molecule has 0 saturated heterocycles. The highest BCUT2D eigenvalue weighted by molar-refractivity contribution is 14.1. The van der Waals surface area contributed by atoms with Gasteiger partial charge < -0.3 is 0 Å². The summed E-state index contributed by atoms with van der Waals surface area (Å²) >= 11 is 18.8. The molecular formula is C4H6Cl3I. The molecule has 0 fully saturated rings. The third kappa shape index (κ3) is 3.59. The lowest BCUT2D eigenvalue weighted by atomic mass is 10.4. The van der Waals surface area contributed by atoms with Crippen LogP contribution in [0.2, 0.25) is 0 Å². The van der Waals surface area contributed by atoms with Gasteiger partial charge in [0.15, 0.2) is 0 Å². The zero-order valence-corrected chi connectivity index (χ0v) is 8.51. The van der Waals surface area contributed by atoms with Crippen LogP contribution in [0.4, 0.5) is 0 Å². The van der Waals surface area contributed by atoms with E-state index < -0.39 is 0 Å². The Morgan fingerprint density at radius 1 is 1.25 bits per heavy atom. The van der Waals surface area contributed by atoms with Gasteiger partial charge in [-0.25, -0.2) is 0 Å². The van der Waals surface area contributed by atoms with E-state index in [1.807, 2.05) is 0 Å². The first-order chi connectivity index (χ1) is 3.72. The fourth-order valence-electron chi connectivity index (χ4n) is 0.193. The Bertz CT molecular complexity index is 51.2. The average Bonchev–Trinajstić information content (AvgIpc) is 1.84. The molecule has 0 aliphatic carbocycles. The Morgan fingerprint density at radius 3 is 1.88 bits per heavy atom. The summed E-state index contributed by atoms with van der Waals surface area (Å²) in [5.41, 5.74) is 0. The predicted octanol–water partition coefficient (Wildman–Crippen LogP) is 2.88. The lowest BCUT2D eigenvalue weighted by molar-refractivity contribution is 0.960. The van der Waals surface area contributed by atoms with Gasteiger partial charge >= 0.3 is 0 Å². The first-order valence-electron chi connectivity index (χ1n) is 2.12. The van der Waals surface area contributed by atoms with Gasteiger partial charge in [-0.3, -0.25) is 0 Å². The Kier molecular flexibility index (Phi) is 6.47. The molecule has 0 rings (SSSR count). The molecule has 0 radical (unpaired) electrons. The van der Waals surface area contributed by atoms with Gasteiger partial charge in [0.25, 0.3) is 0 Å². The largest absolute Gasteiger partial charge is 0.126 e. The molecule has 8 heavy (non-hydrogen) atoms. The summed E-state index contributed by atoms with van der Waals surface area (Å²) in [5, 5.41) is 0.00904. The molecule has 0 aliphatic heterocycles. The molecule has 0 heterocycles. The molecule has 0 spiro atoms. The van der Waals surface area contributed by atoms with E-state index in [1.54, 1.807) is 0 Å². The second-order valence-corrected chi connectivity index (χ2v) is 4.12. The van der Waals surface area contributed by atoms with E-state index in [2.05, 4.69) is 22.6 Å². The van der Waals surface area contributed by atoms with Crippen LogP contribution in [0.25, 0.3) is 0 Å². The quantitative estimate of drug-likeness (QED) is 0.553. The Balaban J connectivity index is 3.29. The van der Waals surface area contributed by atoms with Gasteiger partial charge in [0.05, 0.1) is 5.38 Å². The normalized spacial score (nSPS) is 18.0. The summed E-state index contributed by atoms with van der Waals surface area (Å²) in [4.78, 5) is 0. The van der Waals surface area contributed by atoms with E-state index in [0.29, 0.717) is 11.8 Å². The van der Waals surface area contributed by atoms with Crippen molar-refractivity contribution in [2.45, 2.75) is 9.30 Å². The maximum Gasteiger partial charge on any atom is 0.0600 e. The predicted molar refractivity (Wildman–Crippen MR) is 48.9 cm³/mol. The third-order valence-electron chi connectivity index (χ3n) is 0.687. The maximum atomic E-state index is 5.69. The Hall–Kier alpha value is 1.60. The maximum absolute atomic E-state index is 5.69. The van der Waals surface area contributed by atoms with Crippen molar-refractivity contribution in [3.05, 3.63) is 0 Å². The smallest absolute Gasteiger partial charge is 0.0600 e. The number of alkyl halides is 4. The monoisotopic (exact) mass is 286 g/mol. The highest BCUT2D eigenvalue weighted by Crippen LogP contribution is 2.15. The summed E-state index contributed by atoms with van der Waals surface area (Å²) in [5.74, 6) is 1.04. The first-order valence-corrected chi connectivity index (χ1v) is 4.87. The Morgan fingerprint density at radius 2 is 1.75 bits per heavy atom. The molecule has 4 heteroatoms. The lowest BCUT2D eigenvalue weighted by Gasteiger charge is -2.08. The van der Waals surface area contributed by atoms with E-state index in [4.69, 9.17) is 34.8 Å². The summed E-state index contributed by atoms with van der Waals surface area (Å²) < 4.78 is 0.286. The highest BCUT2D eigenvalue weighted by atomic mass is 127. The minimum Gasteiger partial charge on any atom is -0.126 e. The van der Waals surface area contributed by atoms with Crippen LogP contribution >= 0.6 is 57.4 Å². The van der Waals surface area contributed by atoms with E-state index >= 15 is 0 Å². The second kappa shape index (κ2) is 5.39. The van der Waals surface area contributed by atoms with Crippen molar-refractivity contribution in [3.63, 3.8) is 0 Å². The average molecular weight is 287 g/mol. The van der Waals surface area contributed by atoms with Crippen molar-refractivity contribution in [2.24, 2.45) is 0 Å². The fraction of sp³-hybridized carbons (Fsp3) is 1.00. The van der Waals surface area contributed by atoms with Crippen molar-refractivity contribution in [2.75, 3.05) is 11.8 Å².